The number of hydrogen-bond donors (Lipinski definition) is 0. The molecule has 0 aliphatic rings. The van der Waals surface area contributed by atoms with Crippen molar-refractivity contribution in [2.24, 2.45) is 0 Å². The summed E-state index contributed by atoms with van der Waals surface area (Å²) < 4.78 is 78.9. The van der Waals surface area contributed by atoms with Crippen LogP contribution in [-0.4, -0.2) is 65.1 Å². The lowest BCUT2D eigenvalue weighted by Gasteiger charge is -2.14. The molecule has 0 aliphatic carbocycles. The van der Waals surface area contributed by atoms with E-state index in [9.17, 15) is 16.8 Å². The second kappa shape index (κ2) is 15.8. The first-order chi connectivity index (χ1) is 21.9. The third kappa shape index (κ3) is 9.67. The van der Waals surface area contributed by atoms with Crippen molar-refractivity contribution >= 4 is 20.2 Å². The molecule has 0 N–H and O–H groups in total. The van der Waals surface area contributed by atoms with Crippen LogP contribution in [0.25, 0.3) is 0 Å². The molecule has 46 heavy (non-hydrogen) atoms. The Balaban J connectivity index is 1.39. The molecule has 14 heteroatoms. The normalized spacial score (nSPS) is 13.4. The molecule has 0 aliphatic heterocycles. The van der Waals surface area contributed by atoms with E-state index in [1.807, 2.05) is 38.1 Å². The highest BCUT2D eigenvalue weighted by atomic mass is 32.2. The minimum Gasteiger partial charge on any atom is -0.497 e. The predicted molar refractivity (Wildman–Crippen MR) is 169 cm³/mol. The van der Waals surface area contributed by atoms with Crippen LogP contribution in [0.4, 0.5) is 0 Å². The topological polar surface area (TPSA) is 145 Å². The third-order valence-corrected chi connectivity index (χ3v) is 9.59. The smallest absolute Gasteiger partial charge is 0.297 e. The standard InChI is InChI=1S/C32H39N3O9S2/c1-23-6-14-29(15-7-23)45(36,37)43-20-18-41-25(3)31-33-32(35(34-31)22-27-10-12-28(40-5)13-11-27)26(4)42-19-21-44-46(38,39)30-16-8-24(2)9-17-30/h6-17,25-26H,18-22H2,1-5H3/t25-,26-/m0/s1. The first kappa shape index (κ1) is 35.2. The lowest BCUT2D eigenvalue weighted by atomic mass is 10.2. The van der Waals surface area contributed by atoms with E-state index in [0.717, 1.165) is 16.7 Å². The van der Waals surface area contributed by atoms with Crippen molar-refractivity contribution in [1.29, 1.82) is 0 Å². The van der Waals surface area contributed by atoms with Crippen molar-refractivity contribution in [3.05, 3.63) is 101 Å². The van der Waals surface area contributed by atoms with Gasteiger partial charge in [-0.3, -0.25) is 8.37 Å². The molecular weight excluding hydrogens is 634 g/mol. The molecule has 4 aromatic rings. The largest absolute Gasteiger partial charge is 0.497 e. The molecule has 0 radical (unpaired) electrons. The zero-order valence-electron chi connectivity index (χ0n) is 26.5. The lowest BCUT2D eigenvalue weighted by Crippen LogP contribution is -2.16. The molecule has 4 rings (SSSR count). The van der Waals surface area contributed by atoms with Crippen molar-refractivity contribution in [2.45, 2.75) is 56.2 Å². The van der Waals surface area contributed by atoms with Crippen molar-refractivity contribution in [3.63, 3.8) is 0 Å². The van der Waals surface area contributed by atoms with Gasteiger partial charge in [0.25, 0.3) is 20.2 Å². The average Bonchev–Trinajstić information content (AvgIpc) is 3.46. The Bertz CT molecular complexity index is 1770. The summed E-state index contributed by atoms with van der Waals surface area (Å²) in [6.45, 7) is 7.21. The second-order valence-electron chi connectivity index (χ2n) is 10.5. The third-order valence-electron chi connectivity index (χ3n) is 6.93. The summed E-state index contributed by atoms with van der Waals surface area (Å²) in [5.41, 5.74) is 2.81. The Morgan fingerprint density at radius 3 is 1.63 bits per heavy atom. The van der Waals surface area contributed by atoms with Crippen LogP contribution in [0.5, 0.6) is 5.75 Å². The maximum atomic E-state index is 12.5. The molecule has 3 aromatic carbocycles. The quantitative estimate of drug-likeness (QED) is 0.111. The van der Waals surface area contributed by atoms with Gasteiger partial charge in [0, 0.05) is 0 Å². The van der Waals surface area contributed by atoms with Gasteiger partial charge in [0.2, 0.25) is 0 Å². The SMILES string of the molecule is COc1ccc(Cn2nc([C@H](C)OCCOS(=O)(=O)c3ccc(C)cc3)nc2[C@H](C)OCCOS(=O)(=O)c2ccc(C)cc2)cc1. The van der Waals surface area contributed by atoms with Gasteiger partial charge < -0.3 is 14.2 Å². The maximum Gasteiger partial charge on any atom is 0.297 e. The van der Waals surface area contributed by atoms with Crippen LogP contribution in [0.15, 0.2) is 82.6 Å². The number of aromatic nitrogens is 3. The van der Waals surface area contributed by atoms with Crippen LogP contribution in [0.1, 0.15) is 54.4 Å². The minimum atomic E-state index is -3.93. The highest BCUT2D eigenvalue weighted by Gasteiger charge is 2.22. The number of nitrogens with zero attached hydrogens (tertiary/aromatic N) is 3. The van der Waals surface area contributed by atoms with E-state index in [0.29, 0.717) is 23.9 Å². The van der Waals surface area contributed by atoms with Crippen LogP contribution in [0.3, 0.4) is 0 Å². The van der Waals surface area contributed by atoms with Gasteiger partial charge in [0.05, 0.1) is 49.9 Å². The van der Waals surface area contributed by atoms with Crippen LogP contribution in [0.2, 0.25) is 0 Å². The molecule has 12 nitrogen and oxygen atoms in total. The van der Waals surface area contributed by atoms with Crippen molar-refractivity contribution in [2.75, 3.05) is 33.5 Å². The summed E-state index contributed by atoms with van der Waals surface area (Å²) in [7, 11) is -6.25. The number of ether oxygens (including phenoxy) is 3. The number of methoxy groups -OCH3 is 1. The Morgan fingerprint density at radius 1 is 0.674 bits per heavy atom. The zero-order valence-corrected chi connectivity index (χ0v) is 28.1. The van der Waals surface area contributed by atoms with E-state index in [4.69, 9.17) is 22.6 Å². The zero-order chi connectivity index (χ0) is 33.3. The van der Waals surface area contributed by atoms with Gasteiger partial charge >= 0.3 is 0 Å². The van der Waals surface area contributed by atoms with Crippen molar-refractivity contribution < 1.29 is 39.4 Å². The Labute approximate surface area is 270 Å². The first-order valence-electron chi connectivity index (χ1n) is 14.6. The summed E-state index contributed by atoms with van der Waals surface area (Å²) in [5.74, 6) is 1.56. The summed E-state index contributed by atoms with van der Waals surface area (Å²) >= 11 is 0. The number of aryl methyl sites for hydroxylation is 2. The van der Waals surface area contributed by atoms with E-state index in [-0.39, 0.29) is 36.2 Å². The van der Waals surface area contributed by atoms with Crippen molar-refractivity contribution in [3.8, 4) is 5.75 Å². The molecule has 0 fully saturated rings. The van der Waals surface area contributed by atoms with Crippen molar-refractivity contribution in [1.82, 2.24) is 14.8 Å². The van der Waals surface area contributed by atoms with Gasteiger partial charge in [-0.05, 0) is 69.7 Å². The number of benzene rings is 3. The molecule has 0 amide bonds. The summed E-state index contributed by atoms with van der Waals surface area (Å²) in [6, 6.07) is 20.3. The first-order valence-corrected chi connectivity index (χ1v) is 17.4. The fraction of sp³-hybridized carbons (Fsp3) is 0.375. The van der Waals surface area contributed by atoms with Crippen LogP contribution in [0, 0.1) is 13.8 Å². The molecule has 1 aromatic heterocycles. The van der Waals surface area contributed by atoms with E-state index in [1.165, 1.54) is 24.3 Å². The van der Waals surface area contributed by atoms with Crippen LogP contribution in [-0.2, 0) is 44.6 Å². The highest BCUT2D eigenvalue weighted by molar-refractivity contribution is 7.87. The van der Waals surface area contributed by atoms with Gasteiger partial charge in [-0.2, -0.15) is 21.9 Å². The van der Waals surface area contributed by atoms with E-state index in [1.54, 1.807) is 49.9 Å². The van der Waals surface area contributed by atoms with Crippen LogP contribution >= 0.6 is 0 Å². The highest BCUT2D eigenvalue weighted by Crippen LogP contribution is 2.22. The molecule has 0 spiro atoms. The molecule has 0 saturated heterocycles. The Hall–Kier alpha value is -3.66. The molecule has 2 atom stereocenters. The van der Waals surface area contributed by atoms with Gasteiger partial charge in [-0.25, -0.2) is 9.67 Å². The van der Waals surface area contributed by atoms with E-state index in [2.05, 4.69) is 10.1 Å². The number of rotatable bonds is 17. The Kier molecular flexibility index (Phi) is 12.1. The average molecular weight is 674 g/mol. The molecule has 1 heterocycles. The molecule has 0 bridgehead atoms. The molecule has 0 unspecified atom stereocenters. The fourth-order valence-electron chi connectivity index (χ4n) is 4.30. The van der Waals surface area contributed by atoms with Gasteiger partial charge in [-0.1, -0.05) is 47.5 Å². The maximum absolute atomic E-state index is 12.5. The summed E-state index contributed by atoms with van der Waals surface area (Å²) in [4.78, 5) is 4.81. The summed E-state index contributed by atoms with van der Waals surface area (Å²) in [5, 5.41) is 4.65. The number of hydrogen-bond acceptors (Lipinski definition) is 11. The second-order valence-corrected chi connectivity index (χ2v) is 13.8. The minimum absolute atomic E-state index is 0.0180. The van der Waals surface area contributed by atoms with E-state index < -0.39 is 32.4 Å². The summed E-state index contributed by atoms with van der Waals surface area (Å²) in [6.07, 6.45) is -1.18. The fourth-order valence-corrected chi connectivity index (χ4v) is 6.08. The van der Waals surface area contributed by atoms with Crippen LogP contribution < -0.4 is 4.74 Å². The van der Waals surface area contributed by atoms with Gasteiger partial charge in [-0.15, -0.1) is 0 Å². The van der Waals surface area contributed by atoms with Gasteiger partial charge in [0.15, 0.2) is 11.6 Å². The van der Waals surface area contributed by atoms with Gasteiger partial charge in [0.1, 0.15) is 18.0 Å². The monoisotopic (exact) mass is 673 g/mol. The molecular formula is C32H39N3O9S2. The van der Waals surface area contributed by atoms with E-state index >= 15 is 0 Å². The lowest BCUT2D eigenvalue weighted by molar-refractivity contribution is 0.0359. The Morgan fingerprint density at radius 2 is 1.15 bits per heavy atom. The molecule has 0 saturated carbocycles. The molecule has 248 valence electrons. The predicted octanol–water partition coefficient (Wildman–Crippen LogP) is 4.92.